The van der Waals surface area contributed by atoms with Crippen molar-refractivity contribution in [1.29, 1.82) is 0 Å². The van der Waals surface area contributed by atoms with Crippen molar-refractivity contribution in [3.05, 3.63) is 64.7 Å². The van der Waals surface area contributed by atoms with E-state index in [2.05, 4.69) is 9.97 Å². The molecule has 160 valence electrons. The molecule has 0 unspecified atom stereocenters. The molecule has 2 N–H and O–H groups in total. The molecular weight excluding hydrogens is 394 g/mol. The highest BCUT2D eigenvalue weighted by atomic mass is 16.5. The second-order valence-electron chi connectivity index (χ2n) is 7.68. The van der Waals surface area contributed by atoms with E-state index in [4.69, 9.17) is 10.5 Å². The van der Waals surface area contributed by atoms with Gasteiger partial charge in [0.1, 0.15) is 0 Å². The smallest absolute Gasteiger partial charge is 0.276 e. The standard InChI is InChI=1S/C23H25N5O3/c1-15(2)28-14-17(8-9-18(28)29)20-19(16-6-4-3-5-7-16)26-22(24)21(25-20)23(30)27-10-12-31-13-11-27/h3-9,14-15H,10-13H2,1-2H3,(H2,24,26). The van der Waals surface area contributed by atoms with E-state index < -0.39 is 0 Å². The lowest BCUT2D eigenvalue weighted by atomic mass is 10.0. The van der Waals surface area contributed by atoms with Gasteiger partial charge in [-0.25, -0.2) is 9.97 Å². The van der Waals surface area contributed by atoms with Gasteiger partial charge in [-0.2, -0.15) is 0 Å². The number of hydrogen-bond acceptors (Lipinski definition) is 6. The average molecular weight is 419 g/mol. The van der Waals surface area contributed by atoms with Crippen molar-refractivity contribution in [2.75, 3.05) is 32.0 Å². The summed E-state index contributed by atoms with van der Waals surface area (Å²) < 4.78 is 6.97. The second-order valence-corrected chi connectivity index (χ2v) is 7.68. The summed E-state index contributed by atoms with van der Waals surface area (Å²) in [5.74, 6) is -0.192. The Morgan fingerprint density at radius 2 is 1.68 bits per heavy atom. The number of carbonyl (C=O) groups is 1. The summed E-state index contributed by atoms with van der Waals surface area (Å²) in [5.41, 5.74) is 8.79. The van der Waals surface area contributed by atoms with Crippen LogP contribution in [-0.2, 0) is 4.74 Å². The molecule has 1 aliphatic heterocycles. The second kappa shape index (κ2) is 8.69. The fourth-order valence-electron chi connectivity index (χ4n) is 3.57. The first kappa shape index (κ1) is 20.7. The van der Waals surface area contributed by atoms with Crippen LogP contribution < -0.4 is 11.3 Å². The number of nitrogen functional groups attached to an aromatic ring is 1. The van der Waals surface area contributed by atoms with Gasteiger partial charge in [0.25, 0.3) is 11.5 Å². The van der Waals surface area contributed by atoms with E-state index in [0.717, 1.165) is 5.56 Å². The Hall–Kier alpha value is -3.52. The van der Waals surface area contributed by atoms with Crippen LogP contribution in [0.25, 0.3) is 22.5 Å². The normalized spacial score (nSPS) is 14.1. The molecule has 8 heteroatoms. The number of amides is 1. The SMILES string of the molecule is CC(C)n1cc(-c2nc(C(=O)N3CCOCC3)c(N)nc2-c2ccccc2)ccc1=O. The van der Waals surface area contributed by atoms with Crippen molar-refractivity contribution in [2.24, 2.45) is 0 Å². The molecule has 0 saturated carbocycles. The van der Waals surface area contributed by atoms with Crippen molar-refractivity contribution in [3.8, 4) is 22.5 Å². The fourth-order valence-corrected chi connectivity index (χ4v) is 3.57. The van der Waals surface area contributed by atoms with Crippen LogP contribution in [0.1, 0.15) is 30.4 Å². The predicted octanol–water partition coefficient (Wildman–Crippen LogP) is 2.61. The number of pyridine rings is 1. The lowest BCUT2D eigenvalue weighted by Gasteiger charge is -2.27. The fraction of sp³-hybridized carbons (Fsp3) is 0.304. The molecule has 0 radical (unpaired) electrons. The summed E-state index contributed by atoms with van der Waals surface area (Å²) in [6.45, 7) is 5.79. The molecular formula is C23H25N5O3. The third kappa shape index (κ3) is 4.20. The highest BCUT2D eigenvalue weighted by Crippen LogP contribution is 2.31. The lowest BCUT2D eigenvalue weighted by molar-refractivity contribution is 0.0299. The molecule has 0 bridgehead atoms. The number of anilines is 1. The van der Waals surface area contributed by atoms with Crippen LogP contribution >= 0.6 is 0 Å². The topological polar surface area (TPSA) is 103 Å². The third-order valence-corrected chi connectivity index (χ3v) is 5.24. The van der Waals surface area contributed by atoms with E-state index in [1.54, 1.807) is 21.7 Å². The summed E-state index contributed by atoms with van der Waals surface area (Å²) in [6, 6.07) is 12.7. The number of aromatic nitrogens is 3. The molecule has 31 heavy (non-hydrogen) atoms. The van der Waals surface area contributed by atoms with E-state index in [1.807, 2.05) is 44.2 Å². The summed E-state index contributed by atoms with van der Waals surface area (Å²) in [7, 11) is 0. The van der Waals surface area contributed by atoms with E-state index in [-0.39, 0.29) is 29.0 Å². The first-order valence-corrected chi connectivity index (χ1v) is 10.3. The largest absolute Gasteiger partial charge is 0.382 e. The van der Waals surface area contributed by atoms with Gasteiger partial charge in [-0.15, -0.1) is 0 Å². The maximum atomic E-state index is 13.1. The molecule has 8 nitrogen and oxygen atoms in total. The predicted molar refractivity (Wildman–Crippen MR) is 119 cm³/mol. The monoisotopic (exact) mass is 419 g/mol. The first-order chi connectivity index (χ1) is 15.0. The van der Waals surface area contributed by atoms with Crippen molar-refractivity contribution in [3.63, 3.8) is 0 Å². The Bertz CT molecular complexity index is 1150. The molecule has 4 rings (SSSR count). The summed E-state index contributed by atoms with van der Waals surface area (Å²) >= 11 is 0. The van der Waals surface area contributed by atoms with Crippen molar-refractivity contribution in [2.45, 2.75) is 19.9 Å². The summed E-state index contributed by atoms with van der Waals surface area (Å²) in [4.78, 5) is 36.3. The van der Waals surface area contributed by atoms with Gasteiger partial charge in [-0.1, -0.05) is 30.3 Å². The van der Waals surface area contributed by atoms with Crippen LogP contribution in [0, 0.1) is 0 Å². The molecule has 3 aromatic rings. The van der Waals surface area contributed by atoms with Crippen LogP contribution in [-0.4, -0.2) is 51.6 Å². The van der Waals surface area contributed by atoms with Crippen molar-refractivity contribution in [1.82, 2.24) is 19.4 Å². The number of nitrogens with two attached hydrogens (primary N) is 1. The van der Waals surface area contributed by atoms with Gasteiger partial charge in [-0.05, 0) is 19.9 Å². The number of nitrogens with zero attached hydrogens (tertiary/aromatic N) is 4. The average Bonchev–Trinajstić information content (AvgIpc) is 2.80. The van der Waals surface area contributed by atoms with Gasteiger partial charge >= 0.3 is 0 Å². The van der Waals surface area contributed by atoms with Gasteiger partial charge in [0.15, 0.2) is 11.5 Å². The molecule has 1 amide bonds. The molecule has 1 aliphatic rings. The number of ether oxygens (including phenoxy) is 1. The maximum Gasteiger partial charge on any atom is 0.276 e. The number of hydrogen-bond donors (Lipinski definition) is 1. The quantitative estimate of drug-likeness (QED) is 0.697. The molecule has 1 fully saturated rings. The minimum Gasteiger partial charge on any atom is -0.382 e. The Morgan fingerprint density at radius 3 is 2.35 bits per heavy atom. The highest BCUT2D eigenvalue weighted by molar-refractivity contribution is 5.98. The zero-order valence-electron chi connectivity index (χ0n) is 17.6. The van der Waals surface area contributed by atoms with E-state index >= 15 is 0 Å². The zero-order chi connectivity index (χ0) is 22.0. The van der Waals surface area contributed by atoms with Crippen LogP contribution in [0.5, 0.6) is 0 Å². The van der Waals surface area contributed by atoms with Crippen molar-refractivity contribution < 1.29 is 9.53 Å². The van der Waals surface area contributed by atoms with Gasteiger partial charge in [0, 0.05) is 42.5 Å². The maximum absolute atomic E-state index is 13.1. The van der Waals surface area contributed by atoms with Gasteiger partial charge in [0.05, 0.1) is 24.6 Å². The number of carbonyl (C=O) groups excluding carboxylic acids is 1. The molecule has 0 atom stereocenters. The molecule has 3 heterocycles. The Morgan fingerprint density at radius 1 is 1.00 bits per heavy atom. The molecule has 0 spiro atoms. The Kier molecular flexibility index (Phi) is 5.81. The Labute approximate surface area is 180 Å². The minimum atomic E-state index is -0.272. The summed E-state index contributed by atoms with van der Waals surface area (Å²) in [6.07, 6.45) is 1.75. The zero-order valence-corrected chi connectivity index (χ0v) is 17.6. The third-order valence-electron chi connectivity index (χ3n) is 5.24. The number of morpholine rings is 1. The van der Waals surface area contributed by atoms with E-state index in [9.17, 15) is 9.59 Å². The summed E-state index contributed by atoms with van der Waals surface area (Å²) in [5, 5.41) is 0. The van der Waals surface area contributed by atoms with Gasteiger partial charge in [0.2, 0.25) is 0 Å². The van der Waals surface area contributed by atoms with Crippen LogP contribution in [0.15, 0.2) is 53.5 Å². The lowest BCUT2D eigenvalue weighted by Crippen LogP contribution is -2.41. The van der Waals surface area contributed by atoms with Gasteiger partial charge < -0.3 is 19.9 Å². The molecule has 0 aliphatic carbocycles. The van der Waals surface area contributed by atoms with E-state index in [1.165, 1.54) is 6.07 Å². The number of benzene rings is 1. The van der Waals surface area contributed by atoms with Crippen LogP contribution in [0.4, 0.5) is 5.82 Å². The van der Waals surface area contributed by atoms with Gasteiger partial charge in [-0.3, -0.25) is 9.59 Å². The minimum absolute atomic E-state index is 0.0242. The molecule has 1 saturated heterocycles. The number of rotatable bonds is 4. The molecule has 2 aromatic heterocycles. The molecule has 1 aromatic carbocycles. The Balaban J connectivity index is 1.89. The highest BCUT2D eigenvalue weighted by Gasteiger charge is 2.25. The van der Waals surface area contributed by atoms with Crippen LogP contribution in [0.2, 0.25) is 0 Å². The van der Waals surface area contributed by atoms with Crippen LogP contribution in [0.3, 0.4) is 0 Å². The van der Waals surface area contributed by atoms with Crippen molar-refractivity contribution >= 4 is 11.7 Å². The first-order valence-electron chi connectivity index (χ1n) is 10.3. The van der Waals surface area contributed by atoms with E-state index in [0.29, 0.717) is 43.3 Å².